The van der Waals surface area contributed by atoms with Crippen LogP contribution in [0.3, 0.4) is 0 Å². The van der Waals surface area contributed by atoms with Gasteiger partial charge in [-0.05, 0) is 48.7 Å². The average molecular weight is 372 g/mol. The number of likely N-dealkylation sites (tertiary alicyclic amines) is 1. The fourth-order valence-corrected chi connectivity index (χ4v) is 3.26. The summed E-state index contributed by atoms with van der Waals surface area (Å²) in [6.07, 6.45) is 1.66. The van der Waals surface area contributed by atoms with E-state index < -0.39 is 17.8 Å². The molecule has 0 aromatic heterocycles. The molecule has 0 radical (unpaired) electrons. The Morgan fingerprint density at radius 3 is 2.74 bits per heavy atom. The number of halogens is 1. The Bertz CT molecular complexity index is 856. The summed E-state index contributed by atoms with van der Waals surface area (Å²) in [6, 6.07) is 10.7. The highest BCUT2D eigenvalue weighted by molar-refractivity contribution is 5.94. The molecule has 1 heterocycles. The van der Waals surface area contributed by atoms with Gasteiger partial charge in [0, 0.05) is 6.54 Å². The van der Waals surface area contributed by atoms with Gasteiger partial charge in [-0.1, -0.05) is 12.1 Å². The highest BCUT2D eigenvalue weighted by Gasteiger charge is 2.30. The number of esters is 1. The average Bonchev–Trinajstić information content (AvgIpc) is 3.19. The number of rotatable bonds is 4. The molecule has 0 bridgehead atoms. The molecule has 0 aliphatic carbocycles. The molecule has 0 spiro atoms. The Labute approximate surface area is 156 Å². The number of nitrogens with zero attached hydrogens (tertiary/aromatic N) is 1. The first-order chi connectivity index (χ1) is 13.0. The number of hydrogen-bond acceptors (Lipinski definition) is 4. The smallest absolute Gasteiger partial charge is 0.337 e. The summed E-state index contributed by atoms with van der Waals surface area (Å²) in [6.45, 7) is 0.562. The summed E-state index contributed by atoms with van der Waals surface area (Å²) >= 11 is 0. The van der Waals surface area contributed by atoms with Crippen LogP contribution >= 0.6 is 0 Å². The maximum absolute atomic E-state index is 14.1. The topological polar surface area (TPSA) is 67.9 Å². The first-order valence-electron chi connectivity index (χ1n) is 8.63. The SMILES string of the molecule is COC(=O)c1ccc(F)c(NC(=O)N2CCC[C@H]2c2cccc(OC)c2)c1. The molecule has 1 fully saturated rings. The lowest BCUT2D eigenvalue weighted by Gasteiger charge is -2.25. The number of carbonyl (C=O) groups excluding carboxylic acids is 2. The molecule has 0 saturated carbocycles. The molecule has 7 heteroatoms. The Balaban J connectivity index is 1.80. The van der Waals surface area contributed by atoms with Crippen LogP contribution in [0.2, 0.25) is 0 Å². The van der Waals surface area contributed by atoms with Gasteiger partial charge in [-0.25, -0.2) is 14.0 Å². The van der Waals surface area contributed by atoms with Gasteiger partial charge in [-0.3, -0.25) is 0 Å². The van der Waals surface area contributed by atoms with Gasteiger partial charge < -0.3 is 19.7 Å². The van der Waals surface area contributed by atoms with Crippen LogP contribution in [-0.4, -0.2) is 37.7 Å². The monoisotopic (exact) mass is 372 g/mol. The van der Waals surface area contributed by atoms with Crippen molar-refractivity contribution >= 4 is 17.7 Å². The van der Waals surface area contributed by atoms with Crippen molar-refractivity contribution in [2.24, 2.45) is 0 Å². The fourth-order valence-electron chi connectivity index (χ4n) is 3.26. The van der Waals surface area contributed by atoms with Crippen molar-refractivity contribution in [3.05, 3.63) is 59.4 Å². The molecule has 27 heavy (non-hydrogen) atoms. The quantitative estimate of drug-likeness (QED) is 0.824. The second-order valence-electron chi connectivity index (χ2n) is 6.24. The van der Waals surface area contributed by atoms with E-state index in [0.29, 0.717) is 6.54 Å². The van der Waals surface area contributed by atoms with Crippen LogP contribution in [0.25, 0.3) is 0 Å². The number of ether oxygens (including phenoxy) is 2. The maximum Gasteiger partial charge on any atom is 0.337 e. The van der Waals surface area contributed by atoms with Gasteiger partial charge in [0.15, 0.2) is 0 Å². The first kappa shape index (κ1) is 18.7. The van der Waals surface area contributed by atoms with Crippen molar-refractivity contribution in [3.63, 3.8) is 0 Å². The molecular formula is C20H21FN2O4. The molecule has 1 aliphatic heterocycles. The van der Waals surface area contributed by atoms with Gasteiger partial charge in [0.25, 0.3) is 0 Å². The number of urea groups is 1. The molecule has 2 aromatic rings. The van der Waals surface area contributed by atoms with E-state index >= 15 is 0 Å². The zero-order valence-electron chi connectivity index (χ0n) is 15.2. The van der Waals surface area contributed by atoms with Gasteiger partial charge in [0.05, 0.1) is 31.5 Å². The van der Waals surface area contributed by atoms with Gasteiger partial charge >= 0.3 is 12.0 Å². The minimum atomic E-state index is -0.617. The summed E-state index contributed by atoms with van der Waals surface area (Å²) in [7, 11) is 2.84. The van der Waals surface area contributed by atoms with Crippen LogP contribution in [0.1, 0.15) is 34.8 Å². The summed E-state index contributed by atoms with van der Waals surface area (Å²) in [5.74, 6) is -0.495. The molecule has 6 nitrogen and oxygen atoms in total. The first-order valence-corrected chi connectivity index (χ1v) is 8.63. The highest BCUT2D eigenvalue weighted by Crippen LogP contribution is 2.34. The predicted molar refractivity (Wildman–Crippen MR) is 98.4 cm³/mol. The molecule has 3 rings (SSSR count). The second-order valence-corrected chi connectivity index (χ2v) is 6.24. The van der Waals surface area contributed by atoms with Gasteiger partial charge in [0.1, 0.15) is 11.6 Å². The van der Waals surface area contributed by atoms with Crippen molar-refractivity contribution in [3.8, 4) is 5.75 Å². The Morgan fingerprint density at radius 1 is 1.19 bits per heavy atom. The lowest BCUT2D eigenvalue weighted by Crippen LogP contribution is -2.34. The van der Waals surface area contributed by atoms with Crippen LogP contribution in [0, 0.1) is 5.82 Å². The van der Waals surface area contributed by atoms with Crippen molar-refractivity contribution in [1.82, 2.24) is 4.90 Å². The van der Waals surface area contributed by atoms with E-state index in [-0.39, 0.29) is 17.3 Å². The van der Waals surface area contributed by atoms with Crippen molar-refractivity contribution in [1.29, 1.82) is 0 Å². The maximum atomic E-state index is 14.1. The molecule has 1 saturated heterocycles. The fraction of sp³-hybridized carbons (Fsp3) is 0.300. The van der Waals surface area contributed by atoms with Gasteiger partial charge in [0.2, 0.25) is 0 Å². The number of carbonyl (C=O) groups is 2. The molecule has 2 amide bonds. The number of hydrogen-bond donors (Lipinski definition) is 1. The molecule has 2 aromatic carbocycles. The predicted octanol–water partition coefficient (Wildman–Crippen LogP) is 3.99. The number of benzene rings is 2. The Kier molecular flexibility index (Phi) is 5.59. The summed E-state index contributed by atoms with van der Waals surface area (Å²) in [5.41, 5.74) is 1.07. The number of amides is 2. The number of nitrogens with one attached hydrogen (secondary N) is 1. The minimum Gasteiger partial charge on any atom is -0.497 e. The van der Waals surface area contributed by atoms with E-state index in [2.05, 4.69) is 10.1 Å². The zero-order chi connectivity index (χ0) is 19.4. The third-order valence-corrected chi connectivity index (χ3v) is 4.62. The standard InChI is InChI=1S/C20H21FN2O4/c1-26-15-6-3-5-13(11-15)18-7-4-10-23(18)20(25)22-17-12-14(19(24)27-2)8-9-16(17)21/h3,5-6,8-9,11-12,18H,4,7,10H2,1-2H3,(H,22,25)/t18-/m0/s1. The second kappa shape index (κ2) is 8.07. The third kappa shape index (κ3) is 4.02. The summed E-state index contributed by atoms with van der Waals surface area (Å²) in [5, 5.41) is 2.57. The molecular weight excluding hydrogens is 351 g/mol. The third-order valence-electron chi connectivity index (χ3n) is 4.62. The van der Waals surface area contributed by atoms with Crippen molar-refractivity contribution in [2.75, 3.05) is 26.1 Å². The highest BCUT2D eigenvalue weighted by atomic mass is 19.1. The van der Waals surface area contributed by atoms with E-state index in [4.69, 9.17) is 4.74 Å². The van der Waals surface area contributed by atoms with Crippen LogP contribution in [0.15, 0.2) is 42.5 Å². The lowest BCUT2D eigenvalue weighted by atomic mass is 10.0. The van der Waals surface area contributed by atoms with Gasteiger partial charge in [-0.2, -0.15) is 0 Å². The number of methoxy groups -OCH3 is 2. The Hall–Kier alpha value is -3.09. The van der Waals surface area contributed by atoms with E-state index in [9.17, 15) is 14.0 Å². The summed E-state index contributed by atoms with van der Waals surface area (Å²) in [4.78, 5) is 26.1. The van der Waals surface area contributed by atoms with Crippen LogP contribution < -0.4 is 10.1 Å². The van der Waals surface area contributed by atoms with Crippen molar-refractivity contribution in [2.45, 2.75) is 18.9 Å². The van der Waals surface area contributed by atoms with Crippen LogP contribution in [0.4, 0.5) is 14.9 Å². The molecule has 1 N–H and O–H groups in total. The normalized spacial score (nSPS) is 16.1. The Morgan fingerprint density at radius 2 is 2.00 bits per heavy atom. The van der Waals surface area contributed by atoms with Crippen LogP contribution in [-0.2, 0) is 4.74 Å². The molecule has 1 atom stereocenters. The van der Waals surface area contributed by atoms with Crippen LogP contribution in [0.5, 0.6) is 5.75 Å². The molecule has 0 unspecified atom stereocenters. The van der Waals surface area contributed by atoms with Gasteiger partial charge in [-0.15, -0.1) is 0 Å². The van der Waals surface area contributed by atoms with E-state index in [1.54, 1.807) is 12.0 Å². The largest absolute Gasteiger partial charge is 0.497 e. The van der Waals surface area contributed by atoms with E-state index in [0.717, 1.165) is 30.2 Å². The summed E-state index contributed by atoms with van der Waals surface area (Å²) < 4.78 is 24.0. The van der Waals surface area contributed by atoms with E-state index in [1.807, 2.05) is 24.3 Å². The lowest BCUT2D eigenvalue weighted by molar-refractivity contribution is 0.0600. The van der Waals surface area contributed by atoms with E-state index in [1.165, 1.54) is 19.2 Å². The van der Waals surface area contributed by atoms with Crippen molar-refractivity contribution < 1.29 is 23.5 Å². The molecule has 1 aliphatic rings. The zero-order valence-corrected chi connectivity index (χ0v) is 15.2. The molecule has 142 valence electrons. The minimum absolute atomic E-state index is 0.0563. The number of anilines is 1.